The van der Waals surface area contributed by atoms with Gasteiger partial charge in [-0.1, -0.05) is 0 Å². The summed E-state index contributed by atoms with van der Waals surface area (Å²) in [4.78, 5) is 1.99. The Morgan fingerprint density at radius 1 is 0.400 bits per heavy atom. The molecule has 2 atom stereocenters. The minimum absolute atomic E-state index is 0.652. The summed E-state index contributed by atoms with van der Waals surface area (Å²) in [6.07, 6.45) is 31.8. The summed E-state index contributed by atoms with van der Waals surface area (Å²) in [6, 6.07) is 0. The third-order valence-corrected chi connectivity index (χ3v) is 13.0. The normalized spacial score (nSPS) is 14.4. The van der Waals surface area contributed by atoms with Crippen LogP contribution in [0.1, 0.15) is 197 Å². The molecule has 212 valence electrons. The van der Waals surface area contributed by atoms with Gasteiger partial charge in [0, 0.05) is 0 Å². The Morgan fingerprint density at radius 3 is 0.943 bits per heavy atom. The van der Waals surface area contributed by atoms with Crippen LogP contribution in [0.5, 0.6) is 0 Å². The summed E-state index contributed by atoms with van der Waals surface area (Å²) < 4.78 is 0. The maximum absolute atomic E-state index is 2.54. The second-order valence-corrected chi connectivity index (χ2v) is 16.1. The molecule has 0 bridgehead atoms. The molecule has 0 aliphatic carbocycles. The van der Waals surface area contributed by atoms with Gasteiger partial charge in [-0.3, -0.25) is 0 Å². The van der Waals surface area contributed by atoms with Gasteiger partial charge < -0.3 is 0 Å². The number of hydrogen-bond acceptors (Lipinski definition) is 0. The van der Waals surface area contributed by atoms with E-state index < -0.39 is 0 Å². The number of rotatable bonds is 26. The zero-order valence-corrected chi connectivity index (χ0v) is 27.8. The van der Waals surface area contributed by atoms with Crippen LogP contribution in [0.15, 0.2) is 0 Å². The zero-order valence-electron chi connectivity index (χ0n) is 26.1. The van der Waals surface area contributed by atoms with Crippen LogP contribution in [-0.2, 0) is 0 Å². The molecule has 0 spiro atoms. The summed E-state index contributed by atoms with van der Waals surface area (Å²) in [7, 11) is 0. The molecular weight excluding hydrogens is 487 g/mol. The van der Waals surface area contributed by atoms with Gasteiger partial charge in [-0.2, -0.15) is 0 Å². The molecule has 0 saturated carbocycles. The fourth-order valence-electron chi connectivity index (χ4n) is 6.37. The van der Waals surface area contributed by atoms with Crippen molar-refractivity contribution in [2.45, 2.75) is 206 Å². The SMILES string of the molecule is CCC(CC)(CC)CCCCCCCCC(C)[Se]C(C)CCCCCCCCC(CC)(CC)CC. The Hall–Kier alpha value is 0.519. The Morgan fingerprint density at radius 2 is 0.657 bits per heavy atom. The van der Waals surface area contributed by atoms with Crippen LogP contribution >= 0.6 is 0 Å². The second-order valence-electron chi connectivity index (χ2n) is 12.2. The van der Waals surface area contributed by atoms with Crippen molar-refractivity contribution in [3.05, 3.63) is 0 Å². The Labute approximate surface area is 231 Å². The van der Waals surface area contributed by atoms with Gasteiger partial charge in [-0.05, 0) is 0 Å². The number of hydrogen-bond donors (Lipinski definition) is 0. The van der Waals surface area contributed by atoms with Crippen LogP contribution < -0.4 is 0 Å². The van der Waals surface area contributed by atoms with Crippen molar-refractivity contribution >= 4 is 15.0 Å². The van der Waals surface area contributed by atoms with Gasteiger partial charge in [0.25, 0.3) is 0 Å². The first-order valence-electron chi connectivity index (χ1n) is 16.5. The van der Waals surface area contributed by atoms with E-state index in [1.54, 1.807) is 0 Å². The molecule has 0 radical (unpaired) electrons. The van der Waals surface area contributed by atoms with Gasteiger partial charge in [0.15, 0.2) is 0 Å². The molecule has 0 rings (SSSR count). The predicted octanol–water partition coefficient (Wildman–Crippen LogP) is 13.0. The van der Waals surface area contributed by atoms with Crippen LogP contribution in [0, 0.1) is 10.8 Å². The van der Waals surface area contributed by atoms with E-state index in [2.05, 4.69) is 55.4 Å². The van der Waals surface area contributed by atoms with Crippen LogP contribution in [-0.4, -0.2) is 15.0 Å². The Bertz CT molecular complexity index is 377. The average molecular weight is 558 g/mol. The maximum atomic E-state index is 2.54. The van der Waals surface area contributed by atoms with Crippen LogP contribution in [0.25, 0.3) is 0 Å². The summed E-state index contributed by atoms with van der Waals surface area (Å²) in [5.41, 5.74) is 1.30. The monoisotopic (exact) mass is 558 g/mol. The summed E-state index contributed by atoms with van der Waals surface area (Å²) in [6.45, 7) is 19.5. The number of unbranched alkanes of at least 4 members (excludes halogenated alkanes) is 10. The molecule has 0 saturated heterocycles. The first kappa shape index (κ1) is 35.5. The quantitative estimate of drug-likeness (QED) is 0.0733. The topological polar surface area (TPSA) is 0 Å². The molecule has 0 aromatic rings. The Kier molecular flexibility index (Phi) is 22.8. The third kappa shape index (κ3) is 16.9. The van der Waals surface area contributed by atoms with Crippen molar-refractivity contribution in [2.75, 3.05) is 0 Å². The van der Waals surface area contributed by atoms with Gasteiger partial charge in [-0.25, -0.2) is 0 Å². The molecule has 0 heterocycles. The van der Waals surface area contributed by atoms with E-state index in [1.165, 1.54) is 141 Å². The van der Waals surface area contributed by atoms with E-state index in [4.69, 9.17) is 0 Å². The summed E-state index contributed by atoms with van der Waals surface area (Å²) in [5.74, 6) is 0. The van der Waals surface area contributed by atoms with Gasteiger partial charge in [-0.15, -0.1) is 0 Å². The van der Waals surface area contributed by atoms with Crippen molar-refractivity contribution in [1.29, 1.82) is 0 Å². The average Bonchev–Trinajstić information content (AvgIpc) is 2.88. The standard InChI is InChI=1S/C34H70Se/c1-9-33(10-2,11-3)29-25-21-17-15-19-23-27-31(7)35-32(8)28-24-20-16-18-22-26-30-34(12-4,13-5)14-6/h31-32H,9-30H2,1-8H3. The van der Waals surface area contributed by atoms with Crippen LogP contribution in [0.2, 0.25) is 9.63 Å². The van der Waals surface area contributed by atoms with Crippen LogP contribution in [0.4, 0.5) is 0 Å². The van der Waals surface area contributed by atoms with Gasteiger partial charge >= 0.3 is 232 Å². The third-order valence-electron chi connectivity index (χ3n) is 10.1. The molecule has 0 nitrogen and oxygen atoms in total. The molecule has 0 fully saturated rings. The van der Waals surface area contributed by atoms with Crippen molar-refractivity contribution in [3.8, 4) is 0 Å². The molecule has 0 aromatic carbocycles. The fraction of sp³-hybridized carbons (Fsp3) is 1.00. The summed E-state index contributed by atoms with van der Waals surface area (Å²) in [5, 5.41) is 0. The summed E-state index contributed by atoms with van der Waals surface area (Å²) >= 11 is 0.855. The van der Waals surface area contributed by atoms with Crippen molar-refractivity contribution < 1.29 is 0 Å². The molecule has 1 heteroatoms. The van der Waals surface area contributed by atoms with E-state index in [1.807, 2.05) is 0 Å². The molecule has 35 heavy (non-hydrogen) atoms. The molecule has 0 N–H and O–H groups in total. The molecule has 0 aliphatic heterocycles. The molecule has 0 aromatic heterocycles. The first-order chi connectivity index (χ1) is 16.9. The van der Waals surface area contributed by atoms with E-state index >= 15 is 0 Å². The van der Waals surface area contributed by atoms with Crippen molar-refractivity contribution in [1.82, 2.24) is 0 Å². The van der Waals surface area contributed by atoms with E-state index in [9.17, 15) is 0 Å². The molecule has 0 amide bonds. The molecule has 2 unspecified atom stereocenters. The minimum atomic E-state index is 0.652. The van der Waals surface area contributed by atoms with E-state index in [0.29, 0.717) is 10.8 Å². The van der Waals surface area contributed by atoms with E-state index in [-0.39, 0.29) is 0 Å². The molecule has 0 aliphatic rings. The van der Waals surface area contributed by atoms with E-state index in [0.717, 1.165) is 24.6 Å². The second kappa shape index (κ2) is 22.5. The molecular formula is C34H70Se. The van der Waals surface area contributed by atoms with Crippen molar-refractivity contribution in [3.63, 3.8) is 0 Å². The van der Waals surface area contributed by atoms with Gasteiger partial charge in [0.2, 0.25) is 0 Å². The zero-order chi connectivity index (χ0) is 26.4. The van der Waals surface area contributed by atoms with Gasteiger partial charge in [0.05, 0.1) is 0 Å². The Balaban J connectivity index is 3.62. The van der Waals surface area contributed by atoms with Crippen LogP contribution in [0.3, 0.4) is 0 Å². The fourth-order valence-corrected chi connectivity index (χ4v) is 9.31. The first-order valence-corrected chi connectivity index (χ1v) is 18.5. The van der Waals surface area contributed by atoms with Gasteiger partial charge in [0.1, 0.15) is 0 Å². The van der Waals surface area contributed by atoms with Crippen molar-refractivity contribution in [2.24, 2.45) is 10.8 Å². The predicted molar refractivity (Wildman–Crippen MR) is 165 cm³/mol.